The molecule has 4 nitrogen and oxygen atoms in total. The molecule has 12 rings (SSSR count). The minimum atomic E-state index is 0.831. The second-order valence-electron chi connectivity index (χ2n) is 14.0. The van der Waals surface area contributed by atoms with Crippen LogP contribution >= 0.6 is 0 Å². The Morgan fingerprint density at radius 1 is 0.315 bits per heavy atom. The van der Waals surface area contributed by atoms with Gasteiger partial charge < -0.3 is 18.2 Å². The summed E-state index contributed by atoms with van der Waals surface area (Å²) in [5.41, 5.74) is 10.3. The second-order valence-corrected chi connectivity index (χ2v) is 14.0. The number of hydrogen-bond acceptors (Lipinski definition) is 4. The molecule has 4 heteroatoms. The lowest BCUT2D eigenvalue weighted by atomic mass is 10.0. The van der Waals surface area contributed by atoms with Crippen LogP contribution < -0.4 is 4.90 Å². The highest BCUT2D eigenvalue weighted by atomic mass is 16.3. The van der Waals surface area contributed by atoms with Gasteiger partial charge in [-0.1, -0.05) is 127 Å². The van der Waals surface area contributed by atoms with Gasteiger partial charge in [-0.05, 0) is 64.9 Å². The Hall–Kier alpha value is -7.30. The molecule has 3 heterocycles. The summed E-state index contributed by atoms with van der Waals surface area (Å²) in [4.78, 5) is 2.31. The number of hydrogen-bond donors (Lipinski definition) is 0. The fourth-order valence-electron chi connectivity index (χ4n) is 8.58. The lowest BCUT2D eigenvalue weighted by Gasteiger charge is -2.26. The Labute approximate surface area is 308 Å². The number of para-hydroxylation sites is 3. The van der Waals surface area contributed by atoms with Gasteiger partial charge in [0.1, 0.15) is 27.9 Å². The highest BCUT2D eigenvalue weighted by molar-refractivity contribution is 6.20. The Bertz CT molecular complexity index is 3450. The molecule has 12 aromatic rings. The topological polar surface area (TPSA) is 42.7 Å². The number of benzene rings is 9. The monoisotopic (exact) mass is 691 g/mol. The van der Waals surface area contributed by atoms with Gasteiger partial charge in [0.05, 0.1) is 16.8 Å². The molecule has 9 aromatic carbocycles. The first kappa shape index (κ1) is 29.3. The molecule has 0 spiro atoms. The average molecular weight is 692 g/mol. The fraction of sp³-hybridized carbons (Fsp3) is 0. The van der Waals surface area contributed by atoms with Gasteiger partial charge in [0.15, 0.2) is 5.58 Å². The number of furan rings is 3. The van der Waals surface area contributed by atoms with Crippen LogP contribution in [0.15, 0.2) is 189 Å². The molecule has 0 amide bonds. The standard InChI is InChI=1S/C50H29NO3/c1-3-12-34-30(10-1)24-28-39-37-16-7-15-36(47(37)53-48(34)39)32-22-26-33(27-23-32)51(42-18-9-21-45-46(42)41-14-5-6-20-44(41)52-45)43-19-8-17-38-40-29-25-31-11-2-4-13-35(31)49(40)54-50(38)43/h1-29H. The van der Waals surface area contributed by atoms with Crippen LogP contribution in [0, 0.1) is 0 Å². The third kappa shape index (κ3) is 4.13. The molecule has 252 valence electrons. The SMILES string of the molecule is c1ccc2c(c1)ccc1c3cccc(-c4ccc(N(c5cccc6c5oc5c7ccccc7ccc65)c5cccc6oc7ccccc7c56)cc4)c3oc21. The fourth-order valence-corrected chi connectivity index (χ4v) is 8.58. The van der Waals surface area contributed by atoms with Crippen LogP contribution in [0.1, 0.15) is 0 Å². The zero-order valence-corrected chi connectivity index (χ0v) is 28.9. The average Bonchev–Trinajstić information content (AvgIpc) is 3.94. The van der Waals surface area contributed by atoms with Crippen LogP contribution in [0.25, 0.3) is 98.5 Å². The summed E-state index contributed by atoms with van der Waals surface area (Å²) in [7, 11) is 0. The summed E-state index contributed by atoms with van der Waals surface area (Å²) in [6.07, 6.45) is 0. The van der Waals surface area contributed by atoms with Crippen LogP contribution in [-0.2, 0) is 0 Å². The minimum Gasteiger partial charge on any atom is -0.456 e. The summed E-state index contributed by atoms with van der Waals surface area (Å²) in [6, 6.07) is 61.7. The Morgan fingerprint density at radius 3 is 1.59 bits per heavy atom. The molecule has 0 saturated heterocycles. The van der Waals surface area contributed by atoms with Gasteiger partial charge in [-0.15, -0.1) is 0 Å². The molecular formula is C50H29NO3. The van der Waals surface area contributed by atoms with Crippen molar-refractivity contribution in [3.63, 3.8) is 0 Å². The van der Waals surface area contributed by atoms with Crippen molar-refractivity contribution in [2.75, 3.05) is 4.90 Å². The molecule has 3 aromatic heterocycles. The number of rotatable bonds is 4. The summed E-state index contributed by atoms with van der Waals surface area (Å²) < 4.78 is 20.1. The lowest BCUT2D eigenvalue weighted by Crippen LogP contribution is -2.10. The van der Waals surface area contributed by atoms with E-state index in [0.29, 0.717) is 0 Å². The van der Waals surface area contributed by atoms with Crippen LogP contribution in [0.5, 0.6) is 0 Å². The largest absolute Gasteiger partial charge is 0.456 e. The van der Waals surface area contributed by atoms with E-state index in [1.165, 1.54) is 5.39 Å². The van der Waals surface area contributed by atoms with Gasteiger partial charge >= 0.3 is 0 Å². The van der Waals surface area contributed by atoms with E-state index in [9.17, 15) is 0 Å². The van der Waals surface area contributed by atoms with Gasteiger partial charge in [0.2, 0.25) is 0 Å². The molecule has 0 aliphatic heterocycles. The molecule has 0 saturated carbocycles. The molecular weight excluding hydrogens is 663 g/mol. The van der Waals surface area contributed by atoms with Crippen molar-refractivity contribution >= 4 is 104 Å². The van der Waals surface area contributed by atoms with Crippen molar-refractivity contribution in [1.29, 1.82) is 0 Å². The van der Waals surface area contributed by atoms with Crippen molar-refractivity contribution in [3.8, 4) is 11.1 Å². The molecule has 0 aliphatic rings. The van der Waals surface area contributed by atoms with Crippen molar-refractivity contribution in [3.05, 3.63) is 176 Å². The highest BCUT2D eigenvalue weighted by Crippen LogP contribution is 2.47. The Morgan fingerprint density at radius 2 is 0.852 bits per heavy atom. The molecule has 0 atom stereocenters. The lowest BCUT2D eigenvalue weighted by molar-refractivity contribution is 0.668. The summed E-state index contributed by atoms with van der Waals surface area (Å²) in [5.74, 6) is 0. The predicted molar refractivity (Wildman–Crippen MR) is 223 cm³/mol. The summed E-state index contributed by atoms with van der Waals surface area (Å²) in [5, 5.41) is 11.1. The van der Waals surface area contributed by atoms with Gasteiger partial charge in [0.25, 0.3) is 0 Å². The van der Waals surface area contributed by atoms with Gasteiger partial charge in [-0.3, -0.25) is 0 Å². The van der Waals surface area contributed by atoms with Crippen LogP contribution in [0.4, 0.5) is 17.1 Å². The molecule has 0 aliphatic carbocycles. The smallest absolute Gasteiger partial charge is 0.159 e. The van der Waals surface area contributed by atoms with E-state index >= 15 is 0 Å². The van der Waals surface area contributed by atoms with Gasteiger partial charge in [-0.2, -0.15) is 0 Å². The van der Waals surface area contributed by atoms with E-state index in [2.05, 4.69) is 163 Å². The Balaban J connectivity index is 1.09. The molecule has 0 bridgehead atoms. The van der Waals surface area contributed by atoms with Crippen molar-refractivity contribution in [1.82, 2.24) is 0 Å². The maximum Gasteiger partial charge on any atom is 0.159 e. The molecule has 0 fully saturated rings. The third-order valence-electron chi connectivity index (χ3n) is 11.1. The highest BCUT2D eigenvalue weighted by Gasteiger charge is 2.24. The van der Waals surface area contributed by atoms with E-state index in [-0.39, 0.29) is 0 Å². The number of fused-ring (bicyclic) bond motifs is 13. The minimum absolute atomic E-state index is 0.831. The number of nitrogens with zero attached hydrogens (tertiary/aromatic N) is 1. The van der Waals surface area contributed by atoms with E-state index in [4.69, 9.17) is 13.3 Å². The van der Waals surface area contributed by atoms with Gasteiger partial charge in [0, 0.05) is 49.0 Å². The first-order chi connectivity index (χ1) is 26.8. The van der Waals surface area contributed by atoms with Crippen molar-refractivity contribution in [2.24, 2.45) is 0 Å². The Kier molecular flexibility index (Phi) is 6.02. The normalized spacial score (nSPS) is 12.1. The zero-order chi connectivity index (χ0) is 35.3. The van der Waals surface area contributed by atoms with Crippen LogP contribution in [0.2, 0.25) is 0 Å². The predicted octanol–water partition coefficient (Wildman–Crippen LogP) is 14.8. The molecule has 0 N–H and O–H groups in total. The second kappa shape index (κ2) is 11.1. The van der Waals surface area contributed by atoms with E-state index in [1.807, 2.05) is 18.2 Å². The summed E-state index contributed by atoms with van der Waals surface area (Å²) >= 11 is 0. The van der Waals surface area contributed by atoms with Crippen molar-refractivity contribution in [2.45, 2.75) is 0 Å². The molecule has 54 heavy (non-hydrogen) atoms. The zero-order valence-electron chi connectivity index (χ0n) is 28.9. The van der Waals surface area contributed by atoms with E-state index < -0.39 is 0 Å². The summed E-state index contributed by atoms with van der Waals surface area (Å²) in [6.45, 7) is 0. The van der Waals surface area contributed by atoms with Crippen LogP contribution in [0.3, 0.4) is 0 Å². The maximum atomic E-state index is 6.92. The first-order valence-corrected chi connectivity index (χ1v) is 18.3. The van der Waals surface area contributed by atoms with Gasteiger partial charge in [-0.25, -0.2) is 0 Å². The van der Waals surface area contributed by atoms with Crippen LogP contribution in [-0.4, -0.2) is 0 Å². The number of anilines is 3. The van der Waals surface area contributed by atoms with E-state index in [1.54, 1.807) is 0 Å². The molecule has 0 unspecified atom stereocenters. The quantitative estimate of drug-likeness (QED) is 0.184. The van der Waals surface area contributed by atoms with Crippen molar-refractivity contribution < 1.29 is 13.3 Å². The first-order valence-electron chi connectivity index (χ1n) is 18.3. The molecule has 0 radical (unpaired) electrons. The third-order valence-corrected chi connectivity index (χ3v) is 11.1. The van der Waals surface area contributed by atoms with E-state index in [0.717, 1.165) is 110 Å². The maximum absolute atomic E-state index is 6.92.